The average molecular weight is 518 g/mol. The number of nitrogens with one attached hydrogen (secondary N) is 1. The topological polar surface area (TPSA) is 64.0 Å². The third-order valence-corrected chi connectivity index (χ3v) is 5.94. The van der Waals surface area contributed by atoms with E-state index in [4.69, 9.17) is 23.2 Å². The molecule has 12 heteroatoms. The van der Waals surface area contributed by atoms with Crippen LogP contribution in [0.5, 0.6) is 0 Å². The van der Waals surface area contributed by atoms with Crippen molar-refractivity contribution >= 4 is 49.9 Å². The molecule has 0 aliphatic carbocycles. The molecule has 0 spiro atoms. The molecule has 0 bridgehead atoms. The summed E-state index contributed by atoms with van der Waals surface area (Å²) in [7, 11) is -3.94. The van der Waals surface area contributed by atoms with Crippen LogP contribution < -0.4 is 4.72 Å². The summed E-state index contributed by atoms with van der Waals surface area (Å²) in [6.07, 6.45) is -4.21. The first-order chi connectivity index (χ1) is 15.4. The van der Waals surface area contributed by atoms with Crippen molar-refractivity contribution in [2.24, 2.45) is 0 Å². The van der Waals surface area contributed by atoms with Gasteiger partial charge in [0.15, 0.2) is 11.6 Å². The van der Waals surface area contributed by atoms with Crippen molar-refractivity contribution in [2.45, 2.75) is 6.30 Å². The quantitative estimate of drug-likeness (QED) is 0.307. The molecular formula is C21H13Cl2F4N3O2S. The van der Waals surface area contributed by atoms with E-state index >= 15 is 4.39 Å². The fraction of sp³-hybridized carbons (Fsp3) is 0.0952. The smallest absolute Gasteiger partial charge is 0.281 e. The van der Waals surface area contributed by atoms with Gasteiger partial charge in [-0.05, 0) is 29.8 Å². The van der Waals surface area contributed by atoms with Gasteiger partial charge in [0.25, 0.3) is 0 Å². The van der Waals surface area contributed by atoms with E-state index in [9.17, 15) is 21.6 Å². The van der Waals surface area contributed by atoms with E-state index in [1.54, 1.807) is 12.1 Å². The highest BCUT2D eigenvalue weighted by molar-refractivity contribution is 7.92. The van der Waals surface area contributed by atoms with Crippen LogP contribution >= 0.6 is 23.2 Å². The fourth-order valence-electron chi connectivity index (χ4n) is 3.47. The molecule has 0 atom stereocenters. The van der Waals surface area contributed by atoms with Crippen molar-refractivity contribution in [2.75, 3.05) is 11.0 Å². The van der Waals surface area contributed by atoms with Gasteiger partial charge in [0.05, 0.1) is 28.0 Å². The zero-order valence-corrected chi connectivity index (χ0v) is 18.9. The molecule has 172 valence electrons. The van der Waals surface area contributed by atoms with Crippen molar-refractivity contribution in [1.82, 2.24) is 9.55 Å². The molecule has 3 aromatic carbocycles. The number of hydrogen-bond donors (Lipinski definition) is 1. The van der Waals surface area contributed by atoms with E-state index in [2.05, 4.69) is 4.98 Å². The number of aromatic nitrogens is 2. The monoisotopic (exact) mass is 517 g/mol. The van der Waals surface area contributed by atoms with E-state index in [0.717, 1.165) is 18.4 Å². The Morgan fingerprint density at radius 2 is 1.61 bits per heavy atom. The lowest BCUT2D eigenvalue weighted by atomic mass is 9.97. The molecule has 0 aliphatic rings. The van der Waals surface area contributed by atoms with E-state index in [1.165, 1.54) is 30.3 Å². The standard InChI is InChI=1S/C21H13Cl2F4N3O2S/c1-33(31,32)29-15-10-9-12(11-5-2-3-6-13(11)22)17(18(15)24)20-28-19-14(23)7-4-8-16(19)30(20)21(25,26)27/h2-10,29H,1H3. The van der Waals surface area contributed by atoms with Gasteiger partial charge in [-0.25, -0.2) is 22.4 Å². The fourth-order valence-corrected chi connectivity index (χ4v) is 4.47. The Hall–Kier alpha value is -2.82. The Bertz CT molecular complexity index is 1500. The van der Waals surface area contributed by atoms with Gasteiger partial charge >= 0.3 is 6.30 Å². The summed E-state index contributed by atoms with van der Waals surface area (Å²) in [6, 6.07) is 12.4. The maximum Gasteiger partial charge on any atom is 0.490 e. The highest BCUT2D eigenvalue weighted by atomic mass is 35.5. The van der Waals surface area contributed by atoms with Gasteiger partial charge in [-0.15, -0.1) is 13.2 Å². The minimum atomic E-state index is -5.00. The lowest BCUT2D eigenvalue weighted by Gasteiger charge is -2.18. The third-order valence-electron chi connectivity index (χ3n) is 4.71. The van der Waals surface area contributed by atoms with E-state index in [0.29, 0.717) is 0 Å². The maximum absolute atomic E-state index is 15.7. The molecule has 0 fully saturated rings. The van der Waals surface area contributed by atoms with Crippen LogP contribution in [0.1, 0.15) is 0 Å². The summed E-state index contributed by atoms with van der Waals surface area (Å²) in [5, 5.41) is 0.0801. The first-order valence-corrected chi connectivity index (χ1v) is 11.8. The summed E-state index contributed by atoms with van der Waals surface area (Å²) in [5.74, 6) is -2.06. The van der Waals surface area contributed by atoms with Crippen molar-refractivity contribution in [3.63, 3.8) is 0 Å². The summed E-state index contributed by atoms with van der Waals surface area (Å²) >= 11 is 12.3. The van der Waals surface area contributed by atoms with E-state index < -0.39 is 44.7 Å². The maximum atomic E-state index is 15.7. The summed E-state index contributed by atoms with van der Waals surface area (Å²) in [5.41, 5.74) is -1.52. The molecule has 4 rings (SSSR count). The Kier molecular flexibility index (Phi) is 5.80. The van der Waals surface area contributed by atoms with Gasteiger partial charge in [0.2, 0.25) is 10.0 Å². The number of imidazole rings is 1. The van der Waals surface area contributed by atoms with Crippen molar-refractivity contribution in [3.8, 4) is 22.5 Å². The molecule has 0 amide bonds. The molecule has 1 aromatic heterocycles. The summed E-state index contributed by atoms with van der Waals surface area (Å²) in [4.78, 5) is 4.01. The van der Waals surface area contributed by atoms with Crippen molar-refractivity contribution in [1.29, 1.82) is 0 Å². The van der Waals surface area contributed by atoms with Gasteiger partial charge in [-0.2, -0.15) is 0 Å². The van der Waals surface area contributed by atoms with Crippen LogP contribution in [0.25, 0.3) is 33.5 Å². The average Bonchev–Trinajstić information content (AvgIpc) is 3.10. The number of anilines is 1. The zero-order chi connectivity index (χ0) is 24.1. The van der Waals surface area contributed by atoms with Gasteiger partial charge in [-0.1, -0.05) is 53.5 Å². The number of sulfonamides is 1. The lowest BCUT2D eigenvalue weighted by molar-refractivity contribution is -0.199. The number of alkyl halides is 3. The number of fused-ring (bicyclic) bond motifs is 1. The van der Waals surface area contributed by atoms with Crippen LogP contribution in [0.2, 0.25) is 10.0 Å². The number of hydrogen-bond acceptors (Lipinski definition) is 3. The first-order valence-electron chi connectivity index (χ1n) is 9.18. The molecule has 0 aliphatic heterocycles. The Morgan fingerprint density at radius 1 is 0.939 bits per heavy atom. The SMILES string of the molecule is CS(=O)(=O)Nc1ccc(-c2ccccc2Cl)c(-c2nc3c(Cl)cccc3n2C(F)(F)F)c1F. The van der Waals surface area contributed by atoms with Gasteiger partial charge < -0.3 is 0 Å². The lowest BCUT2D eigenvalue weighted by Crippen LogP contribution is -2.19. The van der Waals surface area contributed by atoms with Gasteiger partial charge in [-0.3, -0.25) is 4.72 Å². The zero-order valence-electron chi connectivity index (χ0n) is 16.6. The van der Waals surface area contributed by atoms with Gasteiger partial charge in [0, 0.05) is 10.6 Å². The van der Waals surface area contributed by atoms with Crippen LogP contribution in [0.15, 0.2) is 54.6 Å². The second-order valence-electron chi connectivity index (χ2n) is 7.05. The molecule has 1 N–H and O–H groups in total. The van der Waals surface area contributed by atoms with Crippen LogP contribution in [-0.4, -0.2) is 24.2 Å². The van der Waals surface area contributed by atoms with Crippen LogP contribution in [0.4, 0.5) is 23.2 Å². The second-order valence-corrected chi connectivity index (χ2v) is 9.61. The number of rotatable bonds is 4. The third kappa shape index (κ3) is 4.38. The molecular weight excluding hydrogens is 505 g/mol. The molecule has 0 unspecified atom stereocenters. The molecule has 4 aromatic rings. The van der Waals surface area contributed by atoms with E-state index in [-0.39, 0.29) is 31.3 Å². The van der Waals surface area contributed by atoms with Crippen molar-refractivity contribution < 1.29 is 26.0 Å². The van der Waals surface area contributed by atoms with Gasteiger partial charge in [0.1, 0.15) is 5.52 Å². The van der Waals surface area contributed by atoms with Crippen LogP contribution in [0, 0.1) is 5.82 Å². The second kappa shape index (κ2) is 8.19. The number of nitrogens with zero attached hydrogens (tertiary/aromatic N) is 2. The Labute approximate surface area is 195 Å². The van der Waals surface area contributed by atoms with Crippen molar-refractivity contribution in [3.05, 3.63) is 70.5 Å². The normalized spacial score (nSPS) is 12.3. The largest absolute Gasteiger partial charge is 0.490 e. The summed E-state index contributed by atoms with van der Waals surface area (Å²) < 4.78 is 83.5. The highest BCUT2D eigenvalue weighted by Crippen LogP contribution is 2.44. The molecule has 5 nitrogen and oxygen atoms in total. The number of halogens is 6. The Balaban J connectivity index is 2.17. The minimum absolute atomic E-state index is 0.0194. The molecule has 1 heterocycles. The molecule has 33 heavy (non-hydrogen) atoms. The predicted octanol–water partition coefficient (Wildman–Crippen LogP) is 6.66. The summed E-state index contributed by atoms with van der Waals surface area (Å²) in [6.45, 7) is 0. The Morgan fingerprint density at radius 3 is 2.24 bits per heavy atom. The first kappa shape index (κ1) is 23.3. The highest BCUT2D eigenvalue weighted by Gasteiger charge is 2.38. The molecule has 0 saturated heterocycles. The van der Waals surface area contributed by atoms with Crippen LogP contribution in [-0.2, 0) is 16.3 Å². The molecule has 0 radical (unpaired) electrons. The van der Waals surface area contributed by atoms with E-state index in [1.807, 2.05) is 4.72 Å². The predicted molar refractivity (Wildman–Crippen MR) is 120 cm³/mol. The molecule has 0 saturated carbocycles. The number of benzene rings is 3. The van der Waals surface area contributed by atoms with Crippen LogP contribution in [0.3, 0.4) is 0 Å². The minimum Gasteiger partial charge on any atom is -0.281 e. The number of para-hydroxylation sites is 1.